The Bertz CT molecular complexity index is 471. The Kier molecular flexibility index (Phi) is 5.28. The number of hydrogen-bond donors (Lipinski definition) is 1. The van der Waals surface area contributed by atoms with Crippen LogP contribution in [-0.4, -0.2) is 23.9 Å². The topological polar surface area (TPSA) is 46.3 Å². The molecule has 3 rings (SSSR count). The monoisotopic (exact) mass is 308 g/mol. The van der Waals surface area contributed by atoms with Gasteiger partial charge >= 0.3 is 0 Å². The summed E-state index contributed by atoms with van der Waals surface area (Å²) in [4.78, 5) is 14.6. The number of amides is 1. The third kappa shape index (κ3) is 3.41. The van der Waals surface area contributed by atoms with Crippen molar-refractivity contribution in [1.82, 2.24) is 4.90 Å². The number of hydrogen-bond acceptors (Lipinski definition) is 2. The quantitative estimate of drug-likeness (QED) is 0.911. The van der Waals surface area contributed by atoms with Crippen LogP contribution in [0.25, 0.3) is 0 Å². The zero-order valence-electron chi connectivity index (χ0n) is 12.5. The van der Waals surface area contributed by atoms with Crippen LogP contribution in [0.3, 0.4) is 0 Å². The van der Waals surface area contributed by atoms with Crippen LogP contribution in [0.4, 0.5) is 0 Å². The lowest BCUT2D eigenvalue weighted by Crippen LogP contribution is -2.39. The lowest BCUT2D eigenvalue weighted by Gasteiger charge is -2.33. The normalized spacial score (nSPS) is 21.9. The van der Waals surface area contributed by atoms with Gasteiger partial charge in [0.2, 0.25) is 5.91 Å². The fraction of sp³-hybridized carbons (Fsp3) is 0.588. The molecule has 1 spiro atoms. The molecule has 0 aromatic heterocycles. The molecular weight excluding hydrogens is 284 g/mol. The van der Waals surface area contributed by atoms with Crippen LogP contribution in [0.15, 0.2) is 30.3 Å². The SMILES string of the molecule is Cl.NC(C(=O)N1CCC2(CCCCC2)C1)c1ccccc1. The molecule has 2 aliphatic rings. The fourth-order valence-electron chi connectivity index (χ4n) is 3.83. The number of carbonyl (C=O) groups excluding carboxylic acids is 1. The average Bonchev–Trinajstić information content (AvgIpc) is 2.91. The largest absolute Gasteiger partial charge is 0.340 e. The van der Waals surface area contributed by atoms with Gasteiger partial charge in [-0.3, -0.25) is 4.79 Å². The third-order valence-corrected chi connectivity index (χ3v) is 5.09. The van der Waals surface area contributed by atoms with Gasteiger partial charge in [0.25, 0.3) is 0 Å². The fourth-order valence-corrected chi connectivity index (χ4v) is 3.83. The second-order valence-electron chi connectivity index (χ2n) is 6.46. The van der Waals surface area contributed by atoms with Gasteiger partial charge in [-0.15, -0.1) is 12.4 Å². The molecule has 1 aromatic rings. The molecule has 21 heavy (non-hydrogen) atoms. The van der Waals surface area contributed by atoms with E-state index in [0.29, 0.717) is 5.41 Å². The molecule has 1 heterocycles. The molecule has 0 radical (unpaired) electrons. The minimum atomic E-state index is -0.505. The van der Waals surface area contributed by atoms with E-state index in [1.165, 1.54) is 38.5 Å². The summed E-state index contributed by atoms with van der Waals surface area (Å²) in [6.45, 7) is 1.81. The molecule has 2 N–H and O–H groups in total. The Balaban J connectivity index is 0.00000161. The van der Waals surface area contributed by atoms with Gasteiger partial charge in [0.1, 0.15) is 6.04 Å². The second kappa shape index (κ2) is 6.80. The van der Waals surface area contributed by atoms with Gasteiger partial charge in [-0.05, 0) is 30.2 Å². The smallest absolute Gasteiger partial charge is 0.244 e. The maximum atomic E-state index is 12.6. The summed E-state index contributed by atoms with van der Waals surface area (Å²) >= 11 is 0. The van der Waals surface area contributed by atoms with E-state index in [1.807, 2.05) is 35.2 Å². The van der Waals surface area contributed by atoms with Crippen LogP contribution in [0.5, 0.6) is 0 Å². The minimum Gasteiger partial charge on any atom is -0.340 e. The van der Waals surface area contributed by atoms with Crippen molar-refractivity contribution < 1.29 is 4.79 Å². The van der Waals surface area contributed by atoms with Crippen molar-refractivity contribution >= 4 is 18.3 Å². The molecule has 0 bridgehead atoms. The van der Waals surface area contributed by atoms with E-state index in [4.69, 9.17) is 5.73 Å². The van der Waals surface area contributed by atoms with E-state index < -0.39 is 6.04 Å². The molecule has 1 amide bonds. The van der Waals surface area contributed by atoms with Crippen LogP contribution in [0.1, 0.15) is 50.1 Å². The molecule has 2 fully saturated rings. The van der Waals surface area contributed by atoms with Gasteiger partial charge in [0, 0.05) is 13.1 Å². The lowest BCUT2D eigenvalue weighted by molar-refractivity contribution is -0.132. The summed E-state index contributed by atoms with van der Waals surface area (Å²) in [7, 11) is 0. The third-order valence-electron chi connectivity index (χ3n) is 5.09. The summed E-state index contributed by atoms with van der Waals surface area (Å²) in [5.74, 6) is 0.0960. The Morgan fingerprint density at radius 3 is 2.43 bits per heavy atom. The zero-order chi connectivity index (χ0) is 14.0. The molecule has 1 aliphatic heterocycles. The Morgan fingerprint density at radius 2 is 1.76 bits per heavy atom. The highest BCUT2D eigenvalue weighted by molar-refractivity contribution is 5.85. The number of nitrogens with two attached hydrogens (primary N) is 1. The zero-order valence-corrected chi connectivity index (χ0v) is 13.3. The summed E-state index contributed by atoms with van der Waals surface area (Å²) < 4.78 is 0. The van der Waals surface area contributed by atoms with Crippen molar-refractivity contribution in [3.05, 3.63) is 35.9 Å². The molecule has 1 atom stereocenters. The van der Waals surface area contributed by atoms with Crippen LogP contribution in [-0.2, 0) is 4.79 Å². The van der Waals surface area contributed by atoms with E-state index in [1.54, 1.807) is 0 Å². The standard InChI is InChI=1S/C17H24N2O.ClH/c18-15(14-7-3-1-4-8-14)16(20)19-12-11-17(13-19)9-5-2-6-10-17;/h1,3-4,7-8,15H,2,5-6,9-13,18H2;1H. The van der Waals surface area contributed by atoms with E-state index in [-0.39, 0.29) is 18.3 Å². The Hall–Kier alpha value is -1.06. The van der Waals surface area contributed by atoms with E-state index in [2.05, 4.69) is 0 Å². The predicted octanol–water partition coefficient (Wildman–Crippen LogP) is 3.29. The molecule has 1 unspecified atom stereocenters. The first-order chi connectivity index (χ1) is 9.70. The minimum absolute atomic E-state index is 0. The Labute approximate surface area is 133 Å². The first-order valence-electron chi connectivity index (χ1n) is 7.80. The van der Waals surface area contributed by atoms with Gasteiger partial charge in [0.15, 0.2) is 0 Å². The number of likely N-dealkylation sites (tertiary alicyclic amines) is 1. The second-order valence-corrected chi connectivity index (χ2v) is 6.46. The first-order valence-corrected chi connectivity index (χ1v) is 7.80. The van der Waals surface area contributed by atoms with Crippen LogP contribution in [0.2, 0.25) is 0 Å². The van der Waals surface area contributed by atoms with Crippen molar-refractivity contribution in [1.29, 1.82) is 0 Å². The van der Waals surface area contributed by atoms with Gasteiger partial charge < -0.3 is 10.6 Å². The highest BCUT2D eigenvalue weighted by Gasteiger charge is 2.41. The lowest BCUT2D eigenvalue weighted by atomic mass is 9.73. The maximum Gasteiger partial charge on any atom is 0.244 e. The predicted molar refractivity (Wildman–Crippen MR) is 87.3 cm³/mol. The van der Waals surface area contributed by atoms with Crippen LogP contribution in [0, 0.1) is 5.41 Å². The highest BCUT2D eigenvalue weighted by Crippen LogP contribution is 2.44. The number of rotatable bonds is 2. The van der Waals surface area contributed by atoms with Crippen LogP contribution < -0.4 is 5.73 Å². The molecule has 1 aliphatic carbocycles. The maximum absolute atomic E-state index is 12.6. The molecule has 1 aromatic carbocycles. The number of benzene rings is 1. The van der Waals surface area contributed by atoms with E-state index >= 15 is 0 Å². The summed E-state index contributed by atoms with van der Waals surface area (Å²) in [5.41, 5.74) is 7.47. The molecule has 116 valence electrons. The Morgan fingerprint density at radius 1 is 1.10 bits per heavy atom. The van der Waals surface area contributed by atoms with Crippen molar-refractivity contribution in [2.75, 3.05) is 13.1 Å². The number of nitrogens with zero attached hydrogens (tertiary/aromatic N) is 1. The first kappa shape index (κ1) is 16.3. The number of carbonyl (C=O) groups is 1. The molecular formula is C17H25ClN2O. The van der Waals surface area contributed by atoms with Gasteiger partial charge in [-0.2, -0.15) is 0 Å². The summed E-state index contributed by atoms with van der Waals surface area (Å²) in [6.07, 6.45) is 7.76. The van der Waals surface area contributed by atoms with Gasteiger partial charge in [-0.1, -0.05) is 49.6 Å². The number of halogens is 1. The molecule has 3 nitrogen and oxygen atoms in total. The average molecular weight is 309 g/mol. The van der Waals surface area contributed by atoms with Crippen molar-refractivity contribution in [3.8, 4) is 0 Å². The van der Waals surface area contributed by atoms with E-state index in [9.17, 15) is 4.79 Å². The van der Waals surface area contributed by atoms with E-state index in [0.717, 1.165) is 18.7 Å². The molecule has 1 saturated heterocycles. The van der Waals surface area contributed by atoms with Crippen molar-refractivity contribution in [3.63, 3.8) is 0 Å². The van der Waals surface area contributed by atoms with Crippen molar-refractivity contribution in [2.45, 2.75) is 44.6 Å². The van der Waals surface area contributed by atoms with Gasteiger partial charge in [-0.25, -0.2) is 0 Å². The molecule has 1 saturated carbocycles. The van der Waals surface area contributed by atoms with Gasteiger partial charge in [0.05, 0.1) is 0 Å². The summed E-state index contributed by atoms with van der Waals surface area (Å²) in [5, 5.41) is 0. The highest BCUT2D eigenvalue weighted by atomic mass is 35.5. The summed E-state index contributed by atoms with van der Waals surface area (Å²) in [6, 6.07) is 9.21. The van der Waals surface area contributed by atoms with Crippen LogP contribution >= 0.6 is 12.4 Å². The molecule has 4 heteroatoms. The van der Waals surface area contributed by atoms with Crippen molar-refractivity contribution in [2.24, 2.45) is 11.1 Å².